The van der Waals surface area contributed by atoms with Crippen LogP contribution in [0.5, 0.6) is 17.2 Å². The molecular formula is C28H30N2O5. The van der Waals surface area contributed by atoms with Crippen LogP contribution < -0.4 is 24.4 Å². The number of nitrogens with zero attached hydrogens (tertiary/aromatic N) is 1. The molecule has 3 aromatic rings. The van der Waals surface area contributed by atoms with E-state index in [1.165, 1.54) is 5.56 Å². The standard InChI is InChI=1S/C28H30N2O5/c1-19-6-10-23(11-7-19)33-14-4-13-30-24-16-22(9-12-25(24)35-18-28(30)32)29-27(31)17-34-26-15-20(2)5-8-21(26)3/h5-12,15-16H,4,13-14,17-18H2,1-3H3,(H,29,31). The zero-order valence-corrected chi connectivity index (χ0v) is 20.3. The number of carbonyl (C=O) groups is 2. The number of carbonyl (C=O) groups excluding carboxylic acids is 2. The molecule has 35 heavy (non-hydrogen) atoms. The van der Waals surface area contributed by atoms with Crippen molar-refractivity contribution in [3.8, 4) is 17.2 Å². The first kappa shape index (κ1) is 24.1. The van der Waals surface area contributed by atoms with Gasteiger partial charge in [0.2, 0.25) is 0 Å². The number of aryl methyl sites for hydroxylation is 3. The SMILES string of the molecule is Cc1ccc(OCCCN2C(=O)COc3ccc(NC(=O)COc4cc(C)ccc4C)cc32)cc1. The number of ether oxygens (including phenoxy) is 3. The average Bonchev–Trinajstić information content (AvgIpc) is 2.84. The molecule has 0 unspecified atom stereocenters. The molecule has 0 bridgehead atoms. The van der Waals surface area contributed by atoms with Gasteiger partial charge in [0.15, 0.2) is 13.2 Å². The molecule has 0 saturated carbocycles. The van der Waals surface area contributed by atoms with Crippen LogP contribution >= 0.6 is 0 Å². The van der Waals surface area contributed by atoms with Gasteiger partial charge in [-0.05, 0) is 74.7 Å². The van der Waals surface area contributed by atoms with Crippen LogP contribution in [0.3, 0.4) is 0 Å². The largest absolute Gasteiger partial charge is 0.494 e. The molecule has 0 atom stereocenters. The highest BCUT2D eigenvalue weighted by molar-refractivity contribution is 5.99. The number of anilines is 2. The van der Waals surface area contributed by atoms with E-state index >= 15 is 0 Å². The molecule has 1 aliphatic heterocycles. The number of amides is 2. The Balaban J connectivity index is 1.35. The van der Waals surface area contributed by atoms with E-state index in [0.29, 0.717) is 42.4 Å². The first-order valence-electron chi connectivity index (χ1n) is 11.7. The van der Waals surface area contributed by atoms with E-state index in [1.807, 2.05) is 63.2 Å². The van der Waals surface area contributed by atoms with E-state index in [4.69, 9.17) is 14.2 Å². The minimum Gasteiger partial charge on any atom is -0.494 e. The molecule has 7 heteroatoms. The van der Waals surface area contributed by atoms with Crippen molar-refractivity contribution in [2.75, 3.05) is 36.6 Å². The molecule has 0 saturated heterocycles. The van der Waals surface area contributed by atoms with Gasteiger partial charge in [0.05, 0.1) is 12.3 Å². The molecule has 3 aromatic carbocycles. The maximum atomic E-state index is 12.6. The van der Waals surface area contributed by atoms with Gasteiger partial charge in [0.1, 0.15) is 17.2 Å². The Labute approximate surface area is 205 Å². The maximum Gasteiger partial charge on any atom is 0.265 e. The second-order valence-electron chi connectivity index (χ2n) is 8.64. The number of fused-ring (bicyclic) bond motifs is 1. The van der Waals surface area contributed by atoms with Crippen LogP contribution in [-0.4, -0.2) is 38.2 Å². The van der Waals surface area contributed by atoms with Crippen LogP contribution in [0.4, 0.5) is 11.4 Å². The van der Waals surface area contributed by atoms with Crippen molar-refractivity contribution in [2.45, 2.75) is 27.2 Å². The summed E-state index contributed by atoms with van der Waals surface area (Å²) in [4.78, 5) is 26.7. The summed E-state index contributed by atoms with van der Waals surface area (Å²) >= 11 is 0. The molecule has 0 aromatic heterocycles. The Morgan fingerprint density at radius 2 is 1.74 bits per heavy atom. The second-order valence-corrected chi connectivity index (χ2v) is 8.64. The Morgan fingerprint density at radius 3 is 2.54 bits per heavy atom. The lowest BCUT2D eigenvalue weighted by atomic mass is 10.1. The lowest BCUT2D eigenvalue weighted by molar-refractivity contribution is -0.121. The van der Waals surface area contributed by atoms with Gasteiger partial charge < -0.3 is 24.4 Å². The normalized spacial score (nSPS) is 12.5. The number of rotatable bonds is 9. The summed E-state index contributed by atoms with van der Waals surface area (Å²) in [6.45, 7) is 6.78. The van der Waals surface area contributed by atoms with Gasteiger partial charge >= 0.3 is 0 Å². The lowest BCUT2D eigenvalue weighted by Gasteiger charge is -2.30. The van der Waals surface area contributed by atoms with Crippen LogP contribution in [0.15, 0.2) is 60.7 Å². The van der Waals surface area contributed by atoms with Crippen molar-refractivity contribution in [3.05, 3.63) is 77.4 Å². The van der Waals surface area contributed by atoms with Crippen LogP contribution in [0.1, 0.15) is 23.1 Å². The first-order valence-corrected chi connectivity index (χ1v) is 11.7. The van der Waals surface area contributed by atoms with Gasteiger partial charge in [0.25, 0.3) is 11.8 Å². The van der Waals surface area contributed by atoms with Crippen molar-refractivity contribution < 1.29 is 23.8 Å². The number of nitrogens with one attached hydrogen (secondary N) is 1. The predicted octanol–water partition coefficient (Wildman–Crippen LogP) is 4.82. The highest BCUT2D eigenvalue weighted by atomic mass is 16.5. The fraction of sp³-hybridized carbons (Fsp3) is 0.286. The van der Waals surface area contributed by atoms with Crippen molar-refractivity contribution in [1.82, 2.24) is 0 Å². The van der Waals surface area contributed by atoms with Crippen molar-refractivity contribution in [1.29, 1.82) is 0 Å². The van der Waals surface area contributed by atoms with Gasteiger partial charge in [-0.15, -0.1) is 0 Å². The van der Waals surface area contributed by atoms with E-state index in [-0.39, 0.29) is 25.0 Å². The van der Waals surface area contributed by atoms with Crippen LogP contribution in [0.2, 0.25) is 0 Å². The molecule has 1 heterocycles. The minimum atomic E-state index is -0.285. The smallest absolute Gasteiger partial charge is 0.265 e. The Bertz CT molecular complexity index is 1210. The Kier molecular flexibility index (Phi) is 7.55. The molecule has 0 aliphatic carbocycles. The fourth-order valence-electron chi connectivity index (χ4n) is 3.78. The molecule has 7 nitrogen and oxygen atoms in total. The molecular weight excluding hydrogens is 444 g/mol. The summed E-state index contributed by atoms with van der Waals surface area (Å²) in [5.74, 6) is 1.68. The van der Waals surface area contributed by atoms with Gasteiger partial charge in [-0.3, -0.25) is 9.59 Å². The van der Waals surface area contributed by atoms with Gasteiger partial charge in [0, 0.05) is 12.2 Å². The van der Waals surface area contributed by atoms with Crippen molar-refractivity contribution >= 4 is 23.2 Å². The summed E-state index contributed by atoms with van der Waals surface area (Å²) in [7, 11) is 0. The third-order valence-corrected chi connectivity index (χ3v) is 5.70. The summed E-state index contributed by atoms with van der Waals surface area (Å²) in [6.07, 6.45) is 0.652. The first-order chi connectivity index (χ1) is 16.9. The molecule has 0 spiro atoms. The van der Waals surface area contributed by atoms with E-state index in [9.17, 15) is 9.59 Å². The zero-order chi connectivity index (χ0) is 24.8. The van der Waals surface area contributed by atoms with E-state index in [0.717, 1.165) is 16.9 Å². The monoisotopic (exact) mass is 474 g/mol. The Morgan fingerprint density at radius 1 is 0.971 bits per heavy atom. The zero-order valence-electron chi connectivity index (χ0n) is 20.3. The maximum absolute atomic E-state index is 12.6. The van der Waals surface area contributed by atoms with E-state index in [1.54, 1.807) is 23.1 Å². The summed E-state index contributed by atoms with van der Waals surface area (Å²) < 4.78 is 17.1. The highest BCUT2D eigenvalue weighted by Gasteiger charge is 2.25. The molecule has 4 rings (SSSR count). The molecule has 1 aliphatic rings. The van der Waals surface area contributed by atoms with E-state index in [2.05, 4.69) is 5.32 Å². The summed E-state index contributed by atoms with van der Waals surface area (Å²) in [5.41, 5.74) is 4.40. The van der Waals surface area contributed by atoms with Crippen LogP contribution in [-0.2, 0) is 9.59 Å². The molecule has 0 fully saturated rings. The third-order valence-electron chi connectivity index (χ3n) is 5.70. The Hall–Kier alpha value is -4.00. The average molecular weight is 475 g/mol. The second kappa shape index (κ2) is 11.0. The predicted molar refractivity (Wildman–Crippen MR) is 136 cm³/mol. The quantitative estimate of drug-likeness (QED) is 0.450. The number of hydrogen-bond acceptors (Lipinski definition) is 5. The molecule has 0 radical (unpaired) electrons. The molecule has 2 amide bonds. The fourth-order valence-corrected chi connectivity index (χ4v) is 3.78. The number of hydrogen-bond donors (Lipinski definition) is 1. The third kappa shape index (κ3) is 6.32. The molecule has 1 N–H and O–H groups in total. The van der Waals surface area contributed by atoms with Crippen molar-refractivity contribution in [3.63, 3.8) is 0 Å². The lowest BCUT2D eigenvalue weighted by Crippen LogP contribution is -2.39. The van der Waals surface area contributed by atoms with E-state index < -0.39 is 0 Å². The summed E-state index contributed by atoms with van der Waals surface area (Å²) in [6, 6.07) is 19.0. The van der Waals surface area contributed by atoms with Crippen LogP contribution in [0, 0.1) is 20.8 Å². The topological polar surface area (TPSA) is 77.1 Å². The number of benzene rings is 3. The molecule has 182 valence electrons. The van der Waals surface area contributed by atoms with Crippen molar-refractivity contribution in [2.24, 2.45) is 0 Å². The summed E-state index contributed by atoms with van der Waals surface area (Å²) in [5, 5.41) is 2.84. The van der Waals surface area contributed by atoms with Gasteiger partial charge in [-0.2, -0.15) is 0 Å². The minimum absolute atomic E-state index is 0.0127. The van der Waals surface area contributed by atoms with Gasteiger partial charge in [-0.25, -0.2) is 0 Å². The van der Waals surface area contributed by atoms with Crippen LogP contribution in [0.25, 0.3) is 0 Å². The van der Waals surface area contributed by atoms with Gasteiger partial charge in [-0.1, -0.05) is 29.8 Å². The highest BCUT2D eigenvalue weighted by Crippen LogP contribution is 2.34.